The van der Waals surface area contributed by atoms with E-state index < -0.39 is 12.4 Å². The molecule has 0 aliphatic rings. The number of benzene rings is 1. The number of nitrogens with zero attached hydrogens (tertiary/aromatic N) is 2. The summed E-state index contributed by atoms with van der Waals surface area (Å²) in [5, 5.41) is 0. The highest BCUT2D eigenvalue weighted by Crippen LogP contribution is 2.10. The lowest BCUT2D eigenvalue weighted by atomic mass is 10.3. The first-order chi connectivity index (χ1) is 8.34. The monoisotopic (exact) mass is 206 g/mol. The van der Waals surface area contributed by atoms with Crippen LogP contribution < -0.4 is 11.3 Å². The van der Waals surface area contributed by atoms with Crippen molar-refractivity contribution in [3.8, 4) is 5.69 Å². The zero-order valence-electron chi connectivity index (χ0n) is 11.3. The van der Waals surface area contributed by atoms with Gasteiger partial charge in [-0.1, -0.05) is 18.2 Å². The fourth-order valence-electron chi connectivity index (χ4n) is 1.49. The fraction of sp³-hybridized carbons (Fsp3) is 0.182. The third-order valence-electron chi connectivity index (χ3n) is 2.30. The Morgan fingerprint density at radius 1 is 1.33 bits per heavy atom. The van der Waals surface area contributed by atoms with E-state index in [1.165, 1.54) is 16.4 Å². The average Bonchev–Trinajstić information content (AvgIpc) is 2.50. The Balaban J connectivity index is 2.77. The van der Waals surface area contributed by atoms with E-state index in [-0.39, 0.29) is 11.4 Å². The quantitative estimate of drug-likeness (QED) is 0.758. The van der Waals surface area contributed by atoms with Crippen LogP contribution in [0, 0.1) is 6.85 Å². The minimum Gasteiger partial charge on any atom is -0.393 e. The van der Waals surface area contributed by atoms with Crippen LogP contribution in [0.15, 0.2) is 35.1 Å². The molecule has 0 radical (unpaired) electrons. The van der Waals surface area contributed by atoms with Gasteiger partial charge in [-0.2, -0.15) is 0 Å². The lowest BCUT2D eigenvalue weighted by Crippen LogP contribution is -2.20. The van der Waals surface area contributed by atoms with Gasteiger partial charge in [0, 0.05) is 11.2 Å². The topological polar surface area (TPSA) is 53.0 Å². The Hall–Kier alpha value is -1.97. The predicted octanol–water partition coefficient (Wildman–Crippen LogP) is 1.07. The average molecular weight is 206 g/mol. The van der Waals surface area contributed by atoms with Gasteiger partial charge in [0.15, 0.2) is 0 Å². The van der Waals surface area contributed by atoms with Crippen LogP contribution in [0.3, 0.4) is 0 Å². The Labute approximate surface area is 91.8 Å². The molecule has 0 fully saturated rings. The largest absolute Gasteiger partial charge is 0.393 e. The van der Waals surface area contributed by atoms with Crippen molar-refractivity contribution < 1.29 is 4.11 Å². The molecule has 1 aromatic carbocycles. The molecular formula is C11H13N3O. The van der Waals surface area contributed by atoms with Crippen LogP contribution in [-0.4, -0.2) is 9.36 Å². The molecule has 0 saturated carbocycles. The highest BCUT2D eigenvalue weighted by Gasteiger charge is 2.12. The van der Waals surface area contributed by atoms with E-state index in [1.807, 2.05) is 6.07 Å². The van der Waals surface area contributed by atoms with Gasteiger partial charge in [-0.05, 0) is 19.0 Å². The minimum absolute atomic E-state index is 0.142. The van der Waals surface area contributed by atoms with Crippen molar-refractivity contribution in [1.82, 2.24) is 9.36 Å². The van der Waals surface area contributed by atoms with Crippen LogP contribution >= 0.6 is 0 Å². The van der Waals surface area contributed by atoms with Crippen molar-refractivity contribution >= 4 is 5.69 Å². The minimum atomic E-state index is -2.42. The van der Waals surface area contributed by atoms with E-state index in [0.717, 1.165) is 0 Å². The summed E-state index contributed by atoms with van der Waals surface area (Å²) in [6.07, 6.45) is 0. The summed E-state index contributed by atoms with van der Waals surface area (Å²) in [6, 6.07) is 8.76. The molecular weight excluding hydrogens is 190 g/mol. The maximum atomic E-state index is 12.0. The van der Waals surface area contributed by atoms with E-state index in [4.69, 9.17) is 9.85 Å². The van der Waals surface area contributed by atoms with Crippen molar-refractivity contribution in [2.45, 2.75) is 6.85 Å². The molecule has 4 heteroatoms. The van der Waals surface area contributed by atoms with Crippen molar-refractivity contribution in [3.63, 3.8) is 0 Å². The molecule has 0 aliphatic heterocycles. The number of para-hydroxylation sites is 1. The Morgan fingerprint density at radius 2 is 2.00 bits per heavy atom. The van der Waals surface area contributed by atoms with E-state index in [0.29, 0.717) is 5.69 Å². The van der Waals surface area contributed by atoms with Gasteiger partial charge in [0.1, 0.15) is 5.69 Å². The third-order valence-corrected chi connectivity index (χ3v) is 2.30. The Bertz CT molecular complexity index is 625. The maximum absolute atomic E-state index is 12.0. The van der Waals surface area contributed by atoms with Gasteiger partial charge in [0.05, 0.1) is 11.4 Å². The number of nitrogen functional groups attached to an aromatic ring is 1. The maximum Gasteiger partial charge on any atom is 0.294 e. The van der Waals surface area contributed by atoms with Gasteiger partial charge < -0.3 is 5.73 Å². The van der Waals surface area contributed by atoms with Crippen LogP contribution in [0.1, 0.15) is 9.81 Å². The van der Waals surface area contributed by atoms with Crippen molar-refractivity contribution in [2.24, 2.45) is 7.05 Å². The lowest BCUT2D eigenvalue weighted by molar-refractivity contribution is 0.630. The number of nitrogens with two attached hydrogens (primary N) is 1. The second-order valence-corrected chi connectivity index (χ2v) is 3.24. The molecule has 2 rings (SSSR count). The lowest BCUT2D eigenvalue weighted by Gasteiger charge is -2.07. The molecule has 0 saturated heterocycles. The van der Waals surface area contributed by atoms with Crippen LogP contribution in [0.25, 0.3) is 5.69 Å². The molecule has 78 valence electrons. The van der Waals surface area contributed by atoms with Gasteiger partial charge in [-0.15, -0.1) is 0 Å². The SMILES string of the molecule is [2H]C([2H])([2H])c1c(N)c(=O)n(-c2ccccc2)n1C. The molecule has 2 aromatic rings. The summed E-state index contributed by atoms with van der Waals surface area (Å²) in [5.74, 6) is 0. The number of anilines is 1. The summed E-state index contributed by atoms with van der Waals surface area (Å²) in [7, 11) is 1.51. The number of aromatic nitrogens is 2. The number of rotatable bonds is 1. The predicted molar refractivity (Wildman–Crippen MR) is 60.2 cm³/mol. The zero-order valence-corrected chi connectivity index (χ0v) is 8.27. The first-order valence-electron chi connectivity index (χ1n) is 5.97. The first-order valence-corrected chi connectivity index (χ1v) is 4.47. The van der Waals surface area contributed by atoms with Gasteiger partial charge >= 0.3 is 0 Å². The first kappa shape index (κ1) is 6.50. The van der Waals surface area contributed by atoms with E-state index in [2.05, 4.69) is 0 Å². The van der Waals surface area contributed by atoms with Crippen LogP contribution in [0.2, 0.25) is 0 Å². The van der Waals surface area contributed by atoms with E-state index in [1.54, 1.807) is 24.3 Å². The van der Waals surface area contributed by atoms with Crippen LogP contribution in [0.5, 0.6) is 0 Å². The van der Waals surface area contributed by atoms with Gasteiger partial charge in [-0.3, -0.25) is 9.48 Å². The highest BCUT2D eigenvalue weighted by atomic mass is 16.1. The fourth-order valence-corrected chi connectivity index (χ4v) is 1.49. The molecule has 0 spiro atoms. The molecule has 15 heavy (non-hydrogen) atoms. The van der Waals surface area contributed by atoms with Crippen molar-refractivity contribution in [2.75, 3.05) is 5.73 Å². The molecule has 0 bridgehead atoms. The van der Waals surface area contributed by atoms with Gasteiger partial charge in [0.25, 0.3) is 5.56 Å². The molecule has 4 nitrogen and oxygen atoms in total. The summed E-state index contributed by atoms with van der Waals surface area (Å²) in [6.45, 7) is -2.42. The molecule has 0 atom stereocenters. The van der Waals surface area contributed by atoms with Gasteiger partial charge in [0.2, 0.25) is 0 Å². The van der Waals surface area contributed by atoms with Crippen LogP contribution in [0.4, 0.5) is 5.69 Å². The van der Waals surface area contributed by atoms with E-state index in [9.17, 15) is 4.79 Å². The summed E-state index contributed by atoms with van der Waals surface area (Å²) >= 11 is 0. The summed E-state index contributed by atoms with van der Waals surface area (Å²) in [5.41, 5.74) is 5.29. The molecule has 0 aliphatic carbocycles. The standard InChI is InChI=1S/C11H13N3O/c1-8-10(12)11(15)14(13(8)2)9-6-4-3-5-7-9/h3-7H,12H2,1-2H3/i1D3. The second-order valence-electron chi connectivity index (χ2n) is 3.24. The van der Waals surface area contributed by atoms with Crippen molar-refractivity contribution in [1.29, 1.82) is 0 Å². The normalized spacial score (nSPS) is 14.3. The van der Waals surface area contributed by atoms with Gasteiger partial charge in [-0.25, -0.2) is 4.68 Å². The molecule has 1 heterocycles. The van der Waals surface area contributed by atoms with Crippen LogP contribution in [-0.2, 0) is 7.05 Å². The number of hydrogen-bond acceptors (Lipinski definition) is 2. The second kappa shape index (κ2) is 3.31. The van der Waals surface area contributed by atoms with E-state index >= 15 is 0 Å². The zero-order chi connectivity index (χ0) is 13.5. The third kappa shape index (κ3) is 1.34. The Kier molecular flexibility index (Phi) is 1.43. The molecule has 0 amide bonds. The summed E-state index contributed by atoms with van der Waals surface area (Å²) < 4.78 is 24.7. The molecule has 2 N–H and O–H groups in total. The Morgan fingerprint density at radius 3 is 2.53 bits per heavy atom. The highest BCUT2D eigenvalue weighted by molar-refractivity contribution is 5.44. The van der Waals surface area contributed by atoms with Crippen molar-refractivity contribution in [3.05, 3.63) is 46.4 Å². The molecule has 0 unspecified atom stereocenters. The number of hydrogen-bond donors (Lipinski definition) is 1. The summed E-state index contributed by atoms with van der Waals surface area (Å²) in [4.78, 5) is 12.0. The smallest absolute Gasteiger partial charge is 0.294 e. The molecule has 1 aromatic heterocycles.